The van der Waals surface area contributed by atoms with Gasteiger partial charge in [0, 0.05) is 17.1 Å². The van der Waals surface area contributed by atoms with Crippen molar-refractivity contribution < 1.29 is 9.84 Å². The SMILES string of the molecule is CCCOc1ccc(C(O)c2cccc3[nH]ccc23)cc1. The van der Waals surface area contributed by atoms with Crippen molar-refractivity contribution >= 4 is 10.9 Å². The van der Waals surface area contributed by atoms with Crippen LogP contribution >= 0.6 is 0 Å². The summed E-state index contributed by atoms with van der Waals surface area (Å²) in [4.78, 5) is 3.17. The molecule has 0 bridgehead atoms. The molecule has 3 rings (SSSR count). The van der Waals surface area contributed by atoms with Crippen LogP contribution in [0.25, 0.3) is 10.9 Å². The van der Waals surface area contributed by atoms with Crippen LogP contribution < -0.4 is 4.74 Å². The van der Waals surface area contributed by atoms with Crippen molar-refractivity contribution in [3.63, 3.8) is 0 Å². The maximum Gasteiger partial charge on any atom is 0.119 e. The van der Waals surface area contributed by atoms with Gasteiger partial charge in [-0.3, -0.25) is 0 Å². The molecule has 2 N–H and O–H groups in total. The number of H-pyrrole nitrogens is 1. The number of hydrogen-bond acceptors (Lipinski definition) is 2. The quantitative estimate of drug-likeness (QED) is 0.741. The minimum Gasteiger partial charge on any atom is -0.494 e. The van der Waals surface area contributed by atoms with E-state index in [9.17, 15) is 5.11 Å². The summed E-state index contributed by atoms with van der Waals surface area (Å²) in [6.45, 7) is 2.79. The predicted octanol–water partition coefficient (Wildman–Crippen LogP) is 4.04. The van der Waals surface area contributed by atoms with E-state index in [4.69, 9.17) is 4.74 Å². The van der Waals surface area contributed by atoms with E-state index in [2.05, 4.69) is 11.9 Å². The number of ether oxygens (including phenoxy) is 1. The van der Waals surface area contributed by atoms with Gasteiger partial charge in [-0.25, -0.2) is 0 Å². The lowest BCUT2D eigenvalue weighted by Gasteiger charge is -2.13. The second kappa shape index (κ2) is 6.02. The first-order valence-electron chi connectivity index (χ1n) is 7.26. The number of fused-ring (bicyclic) bond motifs is 1. The number of aliphatic hydroxyl groups is 1. The van der Waals surface area contributed by atoms with E-state index in [0.29, 0.717) is 6.61 Å². The van der Waals surface area contributed by atoms with Crippen molar-refractivity contribution in [1.29, 1.82) is 0 Å². The van der Waals surface area contributed by atoms with Crippen LogP contribution in [-0.4, -0.2) is 16.7 Å². The Morgan fingerprint density at radius 1 is 1.10 bits per heavy atom. The van der Waals surface area contributed by atoms with Gasteiger partial charge in [0.2, 0.25) is 0 Å². The summed E-state index contributed by atoms with van der Waals surface area (Å²) in [5, 5.41) is 11.7. The summed E-state index contributed by atoms with van der Waals surface area (Å²) < 4.78 is 5.57. The molecule has 0 spiro atoms. The van der Waals surface area contributed by atoms with Gasteiger partial charge in [-0.15, -0.1) is 0 Å². The molecule has 0 saturated heterocycles. The monoisotopic (exact) mass is 281 g/mol. The average molecular weight is 281 g/mol. The zero-order valence-corrected chi connectivity index (χ0v) is 12.0. The highest BCUT2D eigenvalue weighted by Gasteiger charge is 2.13. The van der Waals surface area contributed by atoms with Crippen molar-refractivity contribution in [2.45, 2.75) is 19.4 Å². The van der Waals surface area contributed by atoms with Gasteiger partial charge < -0.3 is 14.8 Å². The largest absolute Gasteiger partial charge is 0.494 e. The van der Waals surface area contributed by atoms with Gasteiger partial charge in [0.05, 0.1) is 6.61 Å². The van der Waals surface area contributed by atoms with Gasteiger partial charge in [-0.2, -0.15) is 0 Å². The van der Waals surface area contributed by atoms with Crippen molar-refractivity contribution in [2.24, 2.45) is 0 Å². The molecule has 1 aromatic heterocycles. The Hall–Kier alpha value is -2.26. The number of hydrogen-bond donors (Lipinski definition) is 2. The van der Waals surface area contributed by atoms with Crippen LogP contribution in [0, 0.1) is 0 Å². The molecule has 0 radical (unpaired) electrons. The van der Waals surface area contributed by atoms with Crippen LogP contribution in [0.4, 0.5) is 0 Å². The fraction of sp³-hybridized carbons (Fsp3) is 0.222. The van der Waals surface area contributed by atoms with Crippen LogP contribution in [0.3, 0.4) is 0 Å². The summed E-state index contributed by atoms with van der Waals surface area (Å²) in [6, 6.07) is 15.6. The van der Waals surface area contributed by atoms with E-state index in [1.54, 1.807) is 0 Å². The molecule has 0 aliphatic heterocycles. The third-order valence-electron chi connectivity index (χ3n) is 3.59. The van der Waals surface area contributed by atoms with Crippen LogP contribution in [-0.2, 0) is 0 Å². The maximum absolute atomic E-state index is 10.6. The molecule has 3 aromatic rings. The van der Waals surface area contributed by atoms with E-state index in [-0.39, 0.29) is 0 Å². The van der Waals surface area contributed by atoms with Crippen molar-refractivity contribution in [2.75, 3.05) is 6.61 Å². The van der Waals surface area contributed by atoms with Crippen molar-refractivity contribution in [3.05, 3.63) is 65.9 Å². The molecule has 0 aliphatic rings. The van der Waals surface area contributed by atoms with Gasteiger partial charge in [0.1, 0.15) is 11.9 Å². The normalized spacial score (nSPS) is 12.5. The topological polar surface area (TPSA) is 45.2 Å². The Labute approximate surface area is 124 Å². The molecule has 0 fully saturated rings. The molecule has 0 saturated carbocycles. The van der Waals surface area contributed by atoms with Crippen LogP contribution in [0.15, 0.2) is 54.7 Å². The molecular formula is C18H19NO2. The molecule has 3 heteroatoms. The average Bonchev–Trinajstić information content (AvgIpc) is 3.01. The number of aromatic nitrogens is 1. The van der Waals surface area contributed by atoms with E-state index in [1.807, 2.05) is 54.7 Å². The first-order valence-corrected chi connectivity index (χ1v) is 7.26. The third-order valence-corrected chi connectivity index (χ3v) is 3.59. The lowest BCUT2D eigenvalue weighted by Crippen LogP contribution is -2.01. The minimum absolute atomic E-state index is 0.635. The second-order valence-corrected chi connectivity index (χ2v) is 5.11. The lowest BCUT2D eigenvalue weighted by atomic mass is 9.98. The molecule has 0 amide bonds. The fourth-order valence-electron chi connectivity index (χ4n) is 2.49. The van der Waals surface area contributed by atoms with E-state index < -0.39 is 6.10 Å². The number of benzene rings is 2. The molecular weight excluding hydrogens is 262 g/mol. The molecule has 1 unspecified atom stereocenters. The molecule has 1 heterocycles. The minimum atomic E-state index is -0.635. The van der Waals surface area contributed by atoms with Gasteiger partial charge in [-0.1, -0.05) is 31.2 Å². The lowest BCUT2D eigenvalue weighted by molar-refractivity contribution is 0.221. The Kier molecular flexibility index (Phi) is 3.93. The Balaban J connectivity index is 1.87. The zero-order chi connectivity index (χ0) is 14.7. The maximum atomic E-state index is 10.6. The van der Waals surface area contributed by atoms with Gasteiger partial charge in [0.15, 0.2) is 0 Å². The van der Waals surface area contributed by atoms with Crippen LogP contribution in [0.2, 0.25) is 0 Å². The zero-order valence-electron chi connectivity index (χ0n) is 12.0. The Bertz CT molecular complexity index is 715. The second-order valence-electron chi connectivity index (χ2n) is 5.11. The van der Waals surface area contributed by atoms with Gasteiger partial charge in [0.25, 0.3) is 0 Å². The Morgan fingerprint density at radius 2 is 1.90 bits per heavy atom. The molecule has 108 valence electrons. The highest BCUT2D eigenvalue weighted by Crippen LogP contribution is 2.29. The molecule has 1 atom stereocenters. The highest BCUT2D eigenvalue weighted by molar-refractivity contribution is 5.83. The fourth-order valence-corrected chi connectivity index (χ4v) is 2.49. The van der Waals surface area contributed by atoms with E-state index in [1.165, 1.54) is 0 Å². The van der Waals surface area contributed by atoms with Gasteiger partial charge >= 0.3 is 0 Å². The summed E-state index contributed by atoms with van der Waals surface area (Å²) in [7, 11) is 0. The van der Waals surface area contributed by atoms with Crippen molar-refractivity contribution in [1.82, 2.24) is 4.98 Å². The van der Waals surface area contributed by atoms with Crippen LogP contribution in [0.1, 0.15) is 30.6 Å². The van der Waals surface area contributed by atoms with E-state index >= 15 is 0 Å². The number of nitrogens with one attached hydrogen (secondary N) is 1. The summed E-state index contributed by atoms with van der Waals surface area (Å²) in [6.07, 6.45) is 2.24. The van der Waals surface area contributed by atoms with Gasteiger partial charge in [-0.05, 0) is 41.8 Å². The molecule has 2 aromatic carbocycles. The highest BCUT2D eigenvalue weighted by atomic mass is 16.5. The third kappa shape index (κ3) is 2.78. The summed E-state index contributed by atoms with van der Waals surface area (Å²) in [5.41, 5.74) is 2.82. The molecule has 21 heavy (non-hydrogen) atoms. The molecule has 0 aliphatic carbocycles. The summed E-state index contributed by atoms with van der Waals surface area (Å²) in [5.74, 6) is 0.840. The summed E-state index contributed by atoms with van der Waals surface area (Å²) >= 11 is 0. The number of aromatic amines is 1. The Morgan fingerprint density at radius 3 is 2.67 bits per heavy atom. The first-order chi connectivity index (χ1) is 10.3. The van der Waals surface area contributed by atoms with E-state index in [0.717, 1.165) is 34.2 Å². The predicted molar refractivity (Wildman–Crippen MR) is 84.6 cm³/mol. The van der Waals surface area contributed by atoms with Crippen molar-refractivity contribution in [3.8, 4) is 5.75 Å². The number of aliphatic hydroxyl groups excluding tert-OH is 1. The number of rotatable bonds is 5. The van der Waals surface area contributed by atoms with Crippen LogP contribution in [0.5, 0.6) is 5.75 Å². The standard InChI is InChI=1S/C18H19NO2/c1-2-12-21-14-8-6-13(7-9-14)18(20)16-4-3-5-17-15(16)10-11-19-17/h3-11,18-20H,2,12H2,1H3. The molecule has 3 nitrogen and oxygen atoms in total. The first kappa shape index (κ1) is 13.7. The smallest absolute Gasteiger partial charge is 0.119 e.